The molecule has 8 heteroatoms. The average molecular weight is 384 g/mol. The highest BCUT2D eigenvalue weighted by Gasteiger charge is 2.21. The van der Waals surface area contributed by atoms with Gasteiger partial charge in [0.2, 0.25) is 0 Å². The van der Waals surface area contributed by atoms with E-state index < -0.39 is 24.2 Å². The fourth-order valence-corrected chi connectivity index (χ4v) is 2.77. The number of carboxylic acids is 1. The summed E-state index contributed by atoms with van der Waals surface area (Å²) in [7, 11) is 0. The van der Waals surface area contributed by atoms with Crippen LogP contribution in [0.3, 0.4) is 0 Å². The Kier molecular flexibility index (Phi) is 5.39. The van der Waals surface area contributed by atoms with Crippen LogP contribution in [0.5, 0.6) is 17.2 Å². The molecule has 0 spiro atoms. The SMILES string of the molecule is CCc1nc(C(=O)NCC(=O)O)c(O)c2cccc(Oc3ccc(F)cc3)c12. The van der Waals surface area contributed by atoms with Gasteiger partial charge in [-0.2, -0.15) is 0 Å². The van der Waals surface area contributed by atoms with Gasteiger partial charge in [0.25, 0.3) is 5.91 Å². The number of amides is 1. The monoisotopic (exact) mass is 384 g/mol. The largest absolute Gasteiger partial charge is 0.505 e. The lowest BCUT2D eigenvalue weighted by Crippen LogP contribution is -2.30. The van der Waals surface area contributed by atoms with Crippen LogP contribution in [-0.2, 0) is 11.2 Å². The molecule has 0 atom stereocenters. The number of rotatable bonds is 6. The maximum absolute atomic E-state index is 13.1. The molecule has 1 heterocycles. The molecule has 2 aromatic carbocycles. The van der Waals surface area contributed by atoms with Gasteiger partial charge in [0.05, 0.1) is 5.69 Å². The van der Waals surface area contributed by atoms with Crippen LogP contribution >= 0.6 is 0 Å². The number of pyridine rings is 1. The van der Waals surface area contributed by atoms with Gasteiger partial charge in [-0.1, -0.05) is 19.1 Å². The van der Waals surface area contributed by atoms with Crippen LogP contribution in [0.4, 0.5) is 4.39 Å². The molecule has 0 aliphatic rings. The van der Waals surface area contributed by atoms with E-state index >= 15 is 0 Å². The summed E-state index contributed by atoms with van der Waals surface area (Å²) >= 11 is 0. The summed E-state index contributed by atoms with van der Waals surface area (Å²) in [6, 6.07) is 10.4. The number of carbonyl (C=O) groups is 2. The average Bonchev–Trinajstić information content (AvgIpc) is 2.68. The van der Waals surface area contributed by atoms with E-state index in [1.165, 1.54) is 24.3 Å². The molecule has 0 bridgehead atoms. The first-order chi connectivity index (χ1) is 13.4. The van der Waals surface area contributed by atoms with Gasteiger partial charge in [0, 0.05) is 10.8 Å². The molecule has 0 aliphatic heterocycles. The van der Waals surface area contributed by atoms with Gasteiger partial charge in [-0.3, -0.25) is 9.59 Å². The van der Waals surface area contributed by atoms with Crippen molar-refractivity contribution in [3.63, 3.8) is 0 Å². The van der Waals surface area contributed by atoms with Crippen molar-refractivity contribution in [2.75, 3.05) is 6.54 Å². The van der Waals surface area contributed by atoms with Crippen molar-refractivity contribution in [1.29, 1.82) is 0 Å². The van der Waals surface area contributed by atoms with Crippen molar-refractivity contribution < 1.29 is 28.9 Å². The van der Waals surface area contributed by atoms with E-state index in [-0.39, 0.29) is 11.4 Å². The van der Waals surface area contributed by atoms with Gasteiger partial charge in [0.15, 0.2) is 11.4 Å². The molecule has 0 fully saturated rings. The van der Waals surface area contributed by atoms with E-state index in [0.717, 1.165) is 0 Å². The predicted octanol–water partition coefficient (Wildman–Crippen LogP) is 3.25. The number of nitrogens with zero attached hydrogens (tertiary/aromatic N) is 1. The molecular formula is C20H17FN2O5. The molecule has 0 aliphatic carbocycles. The lowest BCUT2D eigenvalue weighted by molar-refractivity contribution is -0.135. The van der Waals surface area contributed by atoms with Gasteiger partial charge in [-0.15, -0.1) is 0 Å². The number of hydrogen-bond acceptors (Lipinski definition) is 5. The van der Waals surface area contributed by atoms with E-state index in [0.29, 0.717) is 34.4 Å². The number of aromatic hydroxyl groups is 1. The van der Waals surface area contributed by atoms with E-state index in [4.69, 9.17) is 9.84 Å². The topological polar surface area (TPSA) is 109 Å². The molecule has 3 aromatic rings. The number of carboxylic acid groups (broad SMARTS) is 1. The first-order valence-electron chi connectivity index (χ1n) is 8.48. The number of aromatic nitrogens is 1. The summed E-state index contributed by atoms with van der Waals surface area (Å²) in [6.45, 7) is 1.24. The molecule has 28 heavy (non-hydrogen) atoms. The number of benzene rings is 2. The van der Waals surface area contributed by atoms with Crippen molar-refractivity contribution in [3.05, 3.63) is 59.7 Å². The minimum absolute atomic E-state index is 0.260. The Bertz CT molecular complexity index is 1050. The lowest BCUT2D eigenvalue weighted by Gasteiger charge is -2.15. The highest BCUT2D eigenvalue weighted by Crippen LogP contribution is 2.37. The quantitative estimate of drug-likeness (QED) is 0.602. The Morgan fingerprint density at radius 3 is 2.54 bits per heavy atom. The molecular weight excluding hydrogens is 367 g/mol. The number of aliphatic carboxylic acids is 1. The van der Waals surface area contributed by atoms with Gasteiger partial charge < -0.3 is 20.3 Å². The zero-order valence-electron chi connectivity index (χ0n) is 14.9. The number of fused-ring (bicyclic) bond motifs is 1. The van der Waals surface area contributed by atoms with Crippen molar-refractivity contribution in [2.45, 2.75) is 13.3 Å². The molecule has 1 aromatic heterocycles. The molecule has 0 unspecified atom stereocenters. The standard InChI is InChI=1S/C20H17FN2O5/c1-2-14-17-13(19(26)18(23-14)20(27)22-10-16(24)25)4-3-5-15(17)28-12-8-6-11(21)7-9-12/h3-9,26H,2,10H2,1H3,(H,22,27)(H,24,25). The summed E-state index contributed by atoms with van der Waals surface area (Å²) in [5.74, 6) is -1.98. The number of nitrogens with one attached hydrogen (secondary N) is 1. The third-order valence-corrected chi connectivity index (χ3v) is 4.03. The Morgan fingerprint density at radius 2 is 1.89 bits per heavy atom. The maximum atomic E-state index is 13.1. The van der Waals surface area contributed by atoms with Crippen molar-refractivity contribution in [3.8, 4) is 17.2 Å². The zero-order chi connectivity index (χ0) is 20.3. The normalized spacial score (nSPS) is 10.6. The molecule has 0 saturated carbocycles. The van der Waals surface area contributed by atoms with Gasteiger partial charge in [-0.05, 0) is 36.8 Å². The molecule has 0 radical (unpaired) electrons. The fraction of sp³-hybridized carbons (Fsp3) is 0.150. The highest BCUT2D eigenvalue weighted by molar-refractivity contribution is 6.04. The van der Waals surface area contributed by atoms with Crippen molar-refractivity contribution in [2.24, 2.45) is 0 Å². The number of ether oxygens (including phenoxy) is 1. The Balaban J connectivity index is 2.08. The van der Waals surface area contributed by atoms with E-state index in [9.17, 15) is 19.1 Å². The Morgan fingerprint density at radius 1 is 1.18 bits per heavy atom. The summed E-state index contributed by atoms with van der Waals surface area (Å²) in [6.07, 6.45) is 0.430. The summed E-state index contributed by atoms with van der Waals surface area (Å²) < 4.78 is 18.9. The number of aryl methyl sites for hydroxylation is 1. The van der Waals surface area contributed by atoms with Crippen LogP contribution in [0, 0.1) is 5.82 Å². The smallest absolute Gasteiger partial charge is 0.322 e. The first-order valence-corrected chi connectivity index (χ1v) is 8.48. The molecule has 3 rings (SSSR count). The highest BCUT2D eigenvalue weighted by atomic mass is 19.1. The zero-order valence-corrected chi connectivity index (χ0v) is 14.9. The van der Waals surface area contributed by atoms with E-state index in [1.54, 1.807) is 18.2 Å². The molecule has 144 valence electrons. The van der Waals surface area contributed by atoms with Gasteiger partial charge in [-0.25, -0.2) is 9.37 Å². The second kappa shape index (κ2) is 7.91. The first kappa shape index (κ1) is 19.1. The lowest BCUT2D eigenvalue weighted by atomic mass is 10.0. The summed E-state index contributed by atoms with van der Waals surface area (Å²) in [5.41, 5.74) is 0.232. The summed E-state index contributed by atoms with van der Waals surface area (Å²) in [5, 5.41) is 22.3. The van der Waals surface area contributed by atoms with Gasteiger partial charge in [0.1, 0.15) is 23.9 Å². The van der Waals surface area contributed by atoms with Gasteiger partial charge >= 0.3 is 5.97 Å². The second-order valence-corrected chi connectivity index (χ2v) is 5.92. The van der Waals surface area contributed by atoms with Crippen LogP contribution in [-0.4, -0.2) is 33.6 Å². The molecule has 3 N–H and O–H groups in total. The fourth-order valence-electron chi connectivity index (χ4n) is 2.77. The van der Waals surface area contributed by atoms with Crippen LogP contribution in [0.1, 0.15) is 23.1 Å². The van der Waals surface area contributed by atoms with Crippen molar-refractivity contribution in [1.82, 2.24) is 10.3 Å². The number of carbonyl (C=O) groups excluding carboxylic acids is 1. The number of hydrogen-bond donors (Lipinski definition) is 3. The van der Waals surface area contributed by atoms with Crippen LogP contribution in [0.25, 0.3) is 10.8 Å². The maximum Gasteiger partial charge on any atom is 0.322 e. The minimum atomic E-state index is -1.21. The molecule has 1 amide bonds. The number of halogens is 1. The molecule has 0 saturated heterocycles. The van der Waals surface area contributed by atoms with Crippen LogP contribution in [0.15, 0.2) is 42.5 Å². The Hall–Kier alpha value is -3.68. The Labute approximate surface area is 159 Å². The third kappa shape index (κ3) is 3.85. The van der Waals surface area contributed by atoms with Crippen molar-refractivity contribution >= 4 is 22.6 Å². The summed E-state index contributed by atoms with van der Waals surface area (Å²) in [4.78, 5) is 27.1. The second-order valence-electron chi connectivity index (χ2n) is 5.92. The predicted molar refractivity (Wildman–Crippen MR) is 99.2 cm³/mol. The minimum Gasteiger partial charge on any atom is -0.505 e. The van der Waals surface area contributed by atoms with E-state index in [2.05, 4.69) is 10.3 Å². The van der Waals surface area contributed by atoms with Crippen LogP contribution < -0.4 is 10.1 Å². The third-order valence-electron chi connectivity index (χ3n) is 4.03. The van der Waals surface area contributed by atoms with Crippen LogP contribution in [0.2, 0.25) is 0 Å². The van der Waals surface area contributed by atoms with E-state index in [1.807, 2.05) is 6.92 Å². The molecule has 7 nitrogen and oxygen atoms in total.